The lowest BCUT2D eigenvalue weighted by atomic mass is 10.1. The lowest BCUT2D eigenvalue weighted by molar-refractivity contribution is -0.120. The van der Waals surface area contributed by atoms with Crippen LogP contribution >= 0.6 is 0 Å². The Bertz CT molecular complexity index is 780. The van der Waals surface area contributed by atoms with E-state index in [4.69, 9.17) is 4.74 Å². The summed E-state index contributed by atoms with van der Waals surface area (Å²) in [4.78, 5) is 18.7. The van der Waals surface area contributed by atoms with E-state index in [1.165, 1.54) is 5.56 Å². The van der Waals surface area contributed by atoms with Crippen LogP contribution in [0.25, 0.3) is 0 Å². The zero-order valence-corrected chi connectivity index (χ0v) is 17.0. The van der Waals surface area contributed by atoms with E-state index in [1.807, 2.05) is 48.5 Å². The number of likely N-dealkylation sites (tertiary alicyclic amines) is 1. The molecule has 0 radical (unpaired) electrons. The number of ether oxygens (including phenoxy) is 1. The van der Waals surface area contributed by atoms with Gasteiger partial charge in [0.1, 0.15) is 0 Å². The van der Waals surface area contributed by atoms with Crippen LogP contribution in [0.15, 0.2) is 65.7 Å². The molecule has 1 aliphatic heterocycles. The predicted molar refractivity (Wildman–Crippen MR) is 115 cm³/mol. The predicted octanol–water partition coefficient (Wildman–Crippen LogP) is 2.42. The second-order valence-corrected chi connectivity index (χ2v) is 7.26. The summed E-state index contributed by atoms with van der Waals surface area (Å²) in [5, 5.41) is 6.10. The maximum Gasteiger partial charge on any atom is 0.239 e. The van der Waals surface area contributed by atoms with Crippen LogP contribution in [0.1, 0.15) is 17.5 Å². The maximum atomic E-state index is 12.1. The number of benzene rings is 2. The molecule has 1 aliphatic rings. The van der Waals surface area contributed by atoms with Gasteiger partial charge in [-0.25, -0.2) is 0 Å². The van der Waals surface area contributed by atoms with Gasteiger partial charge in [-0.2, -0.15) is 0 Å². The first-order valence-electron chi connectivity index (χ1n) is 10.1. The van der Waals surface area contributed by atoms with Gasteiger partial charge in [-0.1, -0.05) is 60.7 Å². The van der Waals surface area contributed by atoms with Crippen molar-refractivity contribution in [2.24, 2.45) is 10.9 Å². The zero-order chi connectivity index (χ0) is 20.3. The average molecular weight is 395 g/mol. The molecular weight excluding hydrogens is 364 g/mol. The number of guanidine groups is 1. The third-order valence-corrected chi connectivity index (χ3v) is 5.00. The normalized spacial score (nSPS) is 16.7. The molecular formula is C23H30N4O2. The van der Waals surface area contributed by atoms with Gasteiger partial charge in [0.25, 0.3) is 0 Å². The smallest absolute Gasteiger partial charge is 0.239 e. The van der Waals surface area contributed by atoms with E-state index in [0.717, 1.165) is 37.6 Å². The number of rotatable bonds is 8. The largest absolute Gasteiger partial charge is 0.376 e. The first-order chi connectivity index (χ1) is 14.2. The minimum absolute atomic E-state index is 0.0445. The van der Waals surface area contributed by atoms with Crippen molar-refractivity contribution >= 4 is 11.9 Å². The first kappa shape index (κ1) is 20.9. The van der Waals surface area contributed by atoms with Crippen molar-refractivity contribution < 1.29 is 9.53 Å². The highest BCUT2D eigenvalue weighted by Crippen LogP contribution is 2.17. The Balaban J connectivity index is 1.35. The van der Waals surface area contributed by atoms with Crippen molar-refractivity contribution in [3.05, 3.63) is 71.8 Å². The lowest BCUT2D eigenvalue weighted by Gasteiger charge is -2.21. The summed E-state index contributed by atoms with van der Waals surface area (Å²) in [5.74, 6) is 1.20. The summed E-state index contributed by atoms with van der Waals surface area (Å²) in [6.45, 7) is 3.94. The van der Waals surface area contributed by atoms with Gasteiger partial charge < -0.3 is 20.3 Å². The van der Waals surface area contributed by atoms with Crippen LogP contribution in [0.4, 0.5) is 0 Å². The van der Waals surface area contributed by atoms with Crippen molar-refractivity contribution in [2.45, 2.75) is 19.6 Å². The Labute approximate surface area is 173 Å². The molecule has 1 fully saturated rings. The monoisotopic (exact) mass is 394 g/mol. The number of hydrogen-bond donors (Lipinski definition) is 2. The number of amides is 1. The van der Waals surface area contributed by atoms with Crippen molar-refractivity contribution in [3.63, 3.8) is 0 Å². The summed E-state index contributed by atoms with van der Waals surface area (Å²) in [6.07, 6.45) is 1.07. The topological polar surface area (TPSA) is 66.0 Å². The summed E-state index contributed by atoms with van der Waals surface area (Å²) in [7, 11) is 1.75. The standard InChI is InChI=1S/C23H30N4O2/c1-24-23(26-15-22(28)25-14-19-8-4-2-5-9-19)27-13-12-21(16-27)18-29-17-20-10-6-3-7-11-20/h2-11,21H,12-18H2,1H3,(H,24,26)(H,25,28). The summed E-state index contributed by atoms with van der Waals surface area (Å²) in [5.41, 5.74) is 2.28. The van der Waals surface area contributed by atoms with Crippen LogP contribution in [0.3, 0.4) is 0 Å². The molecule has 6 nitrogen and oxygen atoms in total. The molecule has 2 aromatic carbocycles. The van der Waals surface area contributed by atoms with Gasteiger partial charge in [0.05, 0.1) is 19.8 Å². The molecule has 6 heteroatoms. The number of aliphatic imine (C=N–C) groups is 1. The van der Waals surface area contributed by atoms with Gasteiger partial charge in [-0.3, -0.25) is 9.79 Å². The SMILES string of the molecule is CN=C(NCC(=O)NCc1ccccc1)N1CCC(COCc2ccccc2)C1. The van der Waals surface area contributed by atoms with E-state index in [1.54, 1.807) is 7.05 Å². The minimum Gasteiger partial charge on any atom is -0.376 e. The number of carbonyl (C=O) groups is 1. The molecule has 1 atom stereocenters. The second-order valence-electron chi connectivity index (χ2n) is 7.26. The number of hydrogen-bond acceptors (Lipinski definition) is 3. The second kappa shape index (κ2) is 11.2. The molecule has 29 heavy (non-hydrogen) atoms. The first-order valence-corrected chi connectivity index (χ1v) is 10.1. The molecule has 3 rings (SSSR count). The number of carbonyl (C=O) groups excluding carboxylic acids is 1. The van der Waals surface area contributed by atoms with E-state index in [0.29, 0.717) is 19.1 Å². The fourth-order valence-corrected chi connectivity index (χ4v) is 3.43. The molecule has 1 amide bonds. The van der Waals surface area contributed by atoms with Gasteiger partial charge in [0, 0.05) is 32.6 Å². The Hall–Kier alpha value is -2.86. The molecule has 1 saturated heterocycles. The summed E-state index contributed by atoms with van der Waals surface area (Å²) >= 11 is 0. The highest BCUT2D eigenvalue weighted by Gasteiger charge is 2.25. The molecule has 154 valence electrons. The van der Waals surface area contributed by atoms with Gasteiger partial charge in [-0.15, -0.1) is 0 Å². The molecule has 1 heterocycles. The van der Waals surface area contributed by atoms with E-state index < -0.39 is 0 Å². The van der Waals surface area contributed by atoms with Gasteiger partial charge >= 0.3 is 0 Å². The van der Waals surface area contributed by atoms with Crippen LogP contribution in [0.2, 0.25) is 0 Å². The van der Waals surface area contributed by atoms with E-state index >= 15 is 0 Å². The maximum absolute atomic E-state index is 12.1. The van der Waals surface area contributed by atoms with E-state index in [-0.39, 0.29) is 12.5 Å². The molecule has 2 aromatic rings. The van der Waals surface area contributed by atoms with Crippen LogP contribution in [0.5, 0.6) is 0 Å². The molecule has 0 aliphatic carbocycles. The number of nitrogens with zero attached hydrogens (tertiary/aromatic N) is 2. The van der Waals surface area contributed by atoms with Crippen molar-refractivity contribution in [2.75, 3.05) is 33.3 Å². The molecule has 2 N–H and O–H groups in total. The fraction of sp³-hybridized carbons (Fsp3) is 0.391. The van der Waals surface area contributed by atoms with Crippen molar-refractivity contribution in [1.82, 2.24) is 15.5 Å². The Kier molecular flexibility index (Phi) is 8.07. The molecule has 0 bridgehead atoms. The average Bonchev–Trinajstić information content (AvgIpc) is 3.23. The highest BCUT2D eigenvalue weighted by atomic mass is 16.5. The minimum atomic E-state index is -0.0445. The molecule has 1 unspecified atom stereocenters. The van der Waals surface area contributed by atoms with Crippen molar-refractivity contribution in [1.29, 1.82) is 0 Å². The van der Waals surface area contributed by atoms with E-state index in [9.17, 15) is 4.79 Å². The van der Waals surface area contributed by atoms with Crippen LogP contribution in [-0.2, 0) is 22.7 Å². The van der Waals surface area contributed by atoms with Gasteiger partial charge in [0.2, 0.25) is 5.91 Å². The third kappa shape index (κ3) is 6.91. The quantitative estimate of drug-likeness (QED) is 0.533. The van der Waals surface area contributed by atoms with E-state index in [2.05, 4.69) is 32.7 Å². The van der Waals surface area contributed by atoms with Gasteiger partial charge in [-0.05, 0) is 17.5 Å². The summed E-state index contributed by atoms with van der Waals surface area (Å²) < 4.78 is 5.89. The lowest BCUT2D eigenvalue weighted by Crippen LogP contribution is -2.44. The van der Waals surface area contributed by atoms with Crippen LogP contribution in [-0.4, -0.2) is 50.1 Å². The molecule has 0 saturated carbocycles. The number of nitrogens with one attached hydrogen (secondary N) is 2. The highest BCUT2D eigenvalue weighted by molar-refractivity contribution is 5.86. The van der Waals surface area contributed by atoms with Crippen LogP contribution in [0, 0.1) is 5.92 Å². The zero-order valence-electron chi connectivity index (χ0n) is 17.0. The Morgan fingerprint density at radius 3 is 2.45 bits per heavy atom. The third-order valence-electron chi connectivity index (χ3n) is 5.00. The van der Waals surface area contributed by atoms with Gasteiger partial charge in [0.15, 0.2) is 5.96 Å². The molecule has 0 spiro atoms. The van der Waals surface area contributed by atoms with Crippen LogP contribution < -0.4 is 10.6 Å². The fourth-order valence-electron chi connectivity index (χ4n) is 3.43. The molecule has 0 aromatic heterocycles. The van der Waals surface area contributed by atoms with Crippen molar-refractivity contribution in [3.8, 4) is 0 Å². The summed E-state index contributed by atoms with van der Waals surface area (Å²) in [6, 6.07) is 20.1. The Morgan fingerprint density at radius 1 is 1.07 bits per heavy atom. The Morgan fingerprint density at radius 2 is 1.76 bits per heavy atom.